The van der Waals surface area contributed by atoms with Crippen molar-refractivity contribution >= 4 is 0 Å². The SMILES string of the molecule is C[C@@H]1CC[C@@H](C#N)CN1C. The summed E-state index contributed by atoms with van der Waals surface area (Å²) in [5.41, 5.74) is 0. The van der Waals surface area contributed by atoms with E-state index in [4.69, 9.17) is 5.26 Å². The lowest BCUT2D eigenvalue weighted by Crippen LogP contribution is -2.38. The lowest BCUT2D eigenvalue weighted by Gasteiger charge is -2.32. The molecule has 0 bridgehead atoms. The number of nitriles is 1. The van der Waals surface area contributed by atoms with E-state index in [1.807, 2.05) is 0 Å². The van der Waals surface area contributed by atoms with Gasteiger partial charge in [0.05, 0.1) is 12.0 Å². The van der Waals surface area contributed by atoms with Gasteiger partial charge in [0, 0.05) is 12.6 Å². The van der Waals surface area contributed by atoms with Crippen LogP contribution in [0.1, 0.15) is 19.8 Å². The van der Waals surface area contributed by atoms with E-state index in [1.54, 1.807) is 0 Å². The molecular formula is C8H14N2. The summed E-state index contributed by atoms with van der Waals surface area (Å²) in [7, 11) is 2.09. The van der Waals surface area contributed by atoms with Crippen LogP contribution in [0, 0.1) is 17.2 Å². The van der Waals surface area contributed by atoms with Crippen molar-refractivity contribution in [2.75, 3.05) is 13.6 Å². The van der Waals surface area contributed by atoms with Gasteiger partial charge in [-0.2, -0.15) is 5.26 Å². The number of hydrogen-bond donors (Lipinski definition) is 0. The standard InChI is InChI=1S/C8H14N2/c1-7-3-4-8(5-9)6-10(7)2/h7-8H,3-4,6H2,1-2H3/t7-,8+/m1/s1. The molecule has 1 rings (SSSR count). The summed E-state index contributed by atoms with van der Waals surface area (Å²) in [6.07, 6.45) is 2.26. The van der Waals surface area contributed by atoms with Crippen LogP contribution in [-0.2, 0) is 0 Å². The third kappa shape index (κ3) is 1.48. The summed E-state index contributed by atoms with van der Waals surface area (Å²) in [4.78, 5) is 2.26. The first-order valence-corrected chi connectivity index (χ1v) is 3.84. The van der Waals surface area contributed by atoms with E-state index >= 15 is 0 Å². The van der Waals surface area contributed by atoms with Crippen LogP contribution in [0.2, 0.25) is 0 Å². The van der Waals surface area contributed by atoms with Gasteiger partial charge in [0.2, 0.25) is 0 Å². The molecule has 0 amide bonds. The Morgan fingerprint density at radius 3 is 2.70 bits per heavy atom. The Morgan fingerprint density at radius 2 is 2.20 bits per heavy atom. The lowest BCUT2D eigenvalue weighted by atomic mass is 9.95. The van der Waals surface area contributed by atoms with Crippen LogP contribution in [0.3, 0.4) is 0 Å². The van der Waals surface area contributed by atoms with Gasteiger partial charge in [-0.3, -0.25) is 0 Å². The van der Waals surface area contributed by atoms with E-state index in [2.05, 4.69) is 24.9 Å². The Hall–Kier alpha value is -0.550. The fourth-order valence-electron chi connectivity index (χ4n) is 1.39. The second-order valence-corrected chi connectivity index (χ2v) is 3.19. The zero-order valence-electron chi connectivity index (χ0n) is 6.67. The molecule has 0 N–H and O–H groups in total. The van der Waals surface area contributed by atoms with Crippen molar-refractivity contribution in [3.05, 3.63) is 0 Å². The maximum atomic E-state index is 8.62. The Balaban J connectivity index is 2.42. The van der Waals surface area contributed by atoms with Crippen LogP contribution in [-0.4, -0.2) is 24.5 Å². The molecule has 0 spiro atoms. The normalized spacial score (nSPS) is 35.3. The highest BCUT2D eigenvalue weighted by Gasteiger charge is 2.21. The molecule has 0 aromatic carbocycles. The fraction of sp³-hybridized carbons (Fsp3) is 0.875. The summed E-state index contributed by atoms with van der Waals surface area (Å²) in [6.45, 7) is 3.17. The smallest absolute Gasteiger partial charge is 0.0669 e. The highest BCUT2D eigenvalue weighted by atomic mass is 15.1. The quantitative estimate of drug-likeness (QED) is 0.503. The van der Waals surface area contributed by atoms with Crippen molar-refractivity contribution in [1.29, 1.82) is 5.26 Å². The Morgan fingerprint density at radius 1 is 1.50 bits per heavy atom. The number of rotatable bonds is 0. The second-order valence-electron chi connectivity index (χ2n) is 3.19. The summed E-state index contributed by atoms with van der Waals surface area (Å²) < 4.78 is 0. The third-order valence-corrected chi connectivity index (χ3v) is 2.38. The largest absolute Gasteiger partial charge is 0.302 e. The number of hydrogen-bond acceptors (Lipinski definition) is 2. The molecule has 1 saturated heterocycles. The molecule has 0 radical (unpaired) electrons. The molecule has 1 heterocycles. The van der Waals surface area contributed by atoms with E-state index in [0.29, 0.717) is 6.04 Å². The predicted octanol–water partition coefficient (Wildman–Crippen LogP) is 1.24. The topological polar surface area (TPSA) is 27.0 Å². The third-order valence-electron chi connectivity index (χ3n) is 2.38. The molecule has 10 heavy (non-hydrogen) atoms. The average molecular weight is 138 g/mol. The number of likely N-dealkylation sites (tertiary alicyclic amines) is 1. The maximum Gasteiger partial charge on any atom is 0.0669 e. The van der Waals surface area contributed by atoms with Crippen molar-refractivity contribution in [3.8, 4) is 6.07 Å². The van der Waals surface area contributed by atoms with Gasteiger partial charge < -0.3 is 4.90 Å². The summed E-state index contributed by atoms with van der Waals surface area (Å²) in [5.74, 6) is 0.279. The van der Waals surface area contributed by atoms with Crippen molar-refractivity contribution < 1.29 is 0 Å². The average Bonchev–Trinajstić information content (AvgIpc) is 1.95. The molecule has 1 aliphatic rings. The minimum Gasteiger partial charge on any atom is -0.302 e. The summed E-state index contributed by atoms with van der Waals surface area (Å²) in [6, 6.07) is 2.98. The van der Waals surface area contributed by atoms with Gasteiger partial charge in [0.1, 0.15) is 0 Å². The summed E-state index contributed by atoms with van der Waals surface area (Å²) >= 11 is 0. The van der Waals surface area contributed by atoms with Gasteiger partial charge in [-0.15, -0.1) is 0 Å². The van der Waals surface area contributed by atoms with Crippen LogP contribution in [0.25, 0.3) is 0 Å². The van der Waals surface area contributed by atoms with E-state index in [0.717, 1.165) is 13.0 Å². The summed E-state index contributed by atoms with van der Waals surface area (Å²) in [5, 5.41) is 8.62. The van der Waals surface area contributed by atoms with Crippen molar-refractivity contribution in [1.82, 2.24) is 4.90 Å². The molecule has 2 atom stereocenters. The highest BCUT2D eigenvalue weighted by Crippen LogP contribution is 2.18. The first kappa shape index (κ1) is 7.56. The minimum absolute atomic E-state index is 0.279. The van der Waals surface area contributed by atoms with Crippen molar-refractivity contribution in [2.24, 2.45) is 5.92 Å². The maximum absolute atomic E-state index is 8.62. The van der Waals surface area contributed by atoms with Gasteiger partial charge in [0.25, 0.3) is 0 Å². The van der Waals surface area contributed by atoms with Crippen LogP contribution < -0.4 is 0 Å². The molecule has 0 saturated carbocycles. The van der Waals surface area contributed by atoms with Crippen LogP contribution in [0.4, 0.5) is 0 Å². The molecule has 0 unspecified atom stereocenters. The Kier molecular flexibility index (Phi) is 2.29. The molecule has 1 fully saturated rings. The molecule has 2 nitrogen and oxygen atoms in total. The van der Waals surface area contributed by atoms with Crippen LogP contribution in [0.15, 0.2) is 0 Å². The van der Waals surface area contributed by atoms with Gasteiger partial charge in [0.15, 0.2) is 0 Å². The number of piperidine rings is 1. The van der Waals surface area contributed by atoms with Gasteiger partial charge >= 0.3 is 0 Å². The van der Waals surface area contributed by atoms with Gasteiger partial charge in [-0.25, -0.2) is 0 Å². The Labute approximate surface area is 62.4 Å². The first-order valence-electron chi connectivity index (χ1n) is 3.84. The molecular weight excluding hydrogens is 124 g/mol. The van der Waals surface area contributed by atoms with Crippen LogP contribution >= 0.6 is 0 Å². The molecule has 0 aromatic heterocycles. The zero-order valence-corrected chi connectivity index (χ0v) is 6.67. The van der Waals surface area contributed by atoms with Crippen molar-refractivity contribution in [3.63, 3.8) is 0 Å². The number of nitrogens with zero attached hydrogens (tertiary/aromatic N) is 2. The first-order chi connectivity index (χ1) is 4.74. The molecule has 1 aliphatic heterocycles. The van der Waals surface area contributed by atoms with E-state index in [-0.39, 0.29) is 5.92 Å². The van der Waals surface area contributed by atoms with Crippen molar-refractivity contribution in [2.45, 2.75) is 25.8 Å². The monoisotopic (exact) mass is 138 g/mol. The molecule has 0 aliphatic carbocycles. The van der Waals surface area contributed by atoms with E-state index in [9.17, 15) is 0 Å². The predicted molar refractivity (Wildman–Crippen MR) is 40.4 cm³/mol. The molecule has 2 heteroatoms. The van der Waals surface area contributed by atoms with Crippen LogP contribution in [0.5, 0.6) is 0 Å². The molecule has 0 aromatic rings. The minimum atomic E-state index is 0.279. The van der Waals surface area contributed by atoms with E-state index < -0.39 is 0 Å². The molecule has 56 valence electrons. The van der Waals surface area contributed by atoms with Gasteiger partial charge in [-0.1, -0.05) is 0 Å². The fourth-order valence-corrected chi connectivity index (χ4v) is 1.39. The lowest BCUT2D eigenvalue weighted by molar-refractivity contribution is 0.173. The van der Waals surface area contributed by atoms with E-state index in [1.165, 1.54) is 6.42 Å². The Bertz CT molecular complexity index is 148. The zero-order chi connectivity index (χ0) is 7.56. The second kappa shape index (κ2) is 3.03. The highest BCUT2D eigenvalue weighted by molar-refractivity contribution is 4.89. The van der Waals surface area contributed by atoms with Gasteiger partial charge in [-0.05, 0) is 26.8 Å².